The first kappa shape index (κ1) is 14.1. The summed E-state index contributed by atoms with van der Waals surface area (Å²) in [5, 5.41) is 13.2. The first-order valence-electron chi connectivity index (χ1n) is 4.47. The monoisotopic (exact) mass is 324 g/mol. The summed E-state index contributed by atoms with van der Waals surface area (Å²) in [6.07, 6.45) is 0. The molecule has 0 aromatic heterocycles. The van der Waals surface area contributed by atoms with E-state index in [1.165, 1.54) is 19.1 Å². The van der Waals surface area contributed by atoms with Gasteiger partial charge in [0.25, 0.3) is 5.69 Å². The van der Waals surface area contributed by atoms with Crippen LogP contribution < -0.4 is 5.32 Å². The summed E-state index contributed by atoms with van der Waals surface area (Å²) in [6, 6.07) is 4.19. The molecule has 0 saturated carbocycles. The highest BCUT2D eigenvalue weighted by atomic mass is 79.9. The molecule has 3 N–H and O–H groups in total. The molecule has 94 valence electrons. The van der Waals surface area contributed by atoms with Crippen LogP contribution in [0.2, 0.25) is 0 Å². The minimum absolute atomic E-state index is 0.0639. The molecule has 0 aliphatic heterocycles. The Kier molecular flexibility index (Phi) is 4.26. The van der Waals surface area contributed by atoms with Crippen molar-refractivity contribution in [2.75, 3.05) is 5.32 Å². The van der Waals surface area contributed by atoms with Crippen LogP contribution in [0.4, 0.5) is 11.4 Å². The number of benzene rings is 1. The van der Waals surface area contributed by atoms with Gasteiger partial charge in [-0.25, -0.2) is 0 Å². The zero-order chi connectivity index (χ0) is 13.2. The Morgan fingerprint density at radius 1 is 1.53 bits per heavy atom. The van der Waals surface area contributed by atoms with Crippen LogP contribution >= 0.6 is 23.5 Å². The molecule has 1 rings (SSSR count). The van der Waals surface area contributed by atoms with Crippen LogP contribution in [-0.2, 0) is 4.57 Å². The number of nitro groups is 1. The number of hydrogen-bond acceptors (Lipinski definition) is 4. The maximum atomic E-state index is 10.9. The van der Waals surface area contributed by atoms with Gasteiger partial charge >= 0.3 is 7.60 Å². The molecule has 1 aromatic carbocycles. The van der Waals surface area contributed by atoms with Crippen molar-refractivity contribution in [3.8, 4) is 0 Å². The van der Waals surface area contributed by atoms with Crippen molar-refractivity contribution in [1.82, 2.24) is 0 Å². The quantitative estimate of drug-likeness (QED) is 0.445. The fourth-order valence-electron chi connectivity index (χ4n) is 1.09. The molecule has 0 radical (unpaired) electrons. The van der Waals surface area contributed by atoms with E-state index in [4.69, 9.17) is 9.79 Å². The molecule has 0 bridgehead atoms. The van der Waals surface area contributed by atoms with Gasteiger partial charge in [-0.15, -0.1) is 0 Å². The molecule has 0 heterocycles. The first-order chi connectivity index (χ1) is 7.71. The summed E-state index contributed by atoms with van der Waals surface area (Å²) in [7, 11) is -4.33. The summed E-state index contributed by atoms with van der Waals surface area (Å²) in [6.45, 7) is 1.26. The van der Waals surface area contributed by atoms with Gasteiger partial charge in [-0.05, 0) is 19.1 Å². The van der Waals surface area contributed by atoms with Gasteiger partial charge in [-0.1, -0.05) is 15.9 Å². The third-order valence-corrected chi connectivity index (χ3v) is 3.66. The molecule has 0 aliphatic rings. The standard InChI is InChI=1S/C8H10BrN2O5P/c1-5(17(14,15)16)10-7-3-2-6(9)4-8(7)11(12)13/h2-5,10H,1H3,(H2,14,15,16). The smallest absolute Gasteiger partial charge is 0.347 e. The summed E-state index contributed by atoms with van der Waals surface area (Å²) in [4.78, 5) is 27.9. The SMILES string of the molecule is CC(Nc1ccc(Br)cc1[N+](=O)[O-])P(=O)(O)O. The van der Waals surface area contributed by atoms with Crippen LogP contribution in [0.25, 0.3) is 0 Å². The fraction of sp³-hybridized carbons (Fsp3) is 0.250. The number of anilines is 1. The predicted octanol–water partition coefficient (Wildman–Crippen LogP) is 2.29. The molecule has 1 aromatic rings. The number of nitrogens with zero attached hydrogens (tertiary/aromatic N) is 1. The van der Waals surface area contributed by atoms with Gasteiger partial charge in [0.05, 0.1) is 4.92 Å². The molecule has 0 aliphatic carbocycles. The lowest BCUT2D eigenvalue weighted by Crippen LogP contribution is -2.16. The van der Waals surface area contributed by atoms with E-state index in [1.54, 1.807) is 6.07 Å². The lowest BCUT2D eigenvalue weighted by Gasteiger charge is -2.16. The van der Waals surface area contributed by atoms with E-state index in [9.17, 15) is 14.7 Å². The fourth-order valence-corrected chi connectivity index (χ4v) is 1.74. The Morgan fingerprint density at radius 3 is 2.59 bits per heavy atom. The van der Waals surface area contributed by atoms with E-state index in [0.29, 0.717) is 4.47 Å². The Bertz CT molecular complexity index is 489. The van der Waals surface area contributed by atoms with Crippen LogP contribution in [-0.4, -0.2) is 20.5 Å². The Labute approximate surface area is 105 Å². The highest BCUT2D eigenvalue weighted by Gasteiger charge is 2.26. The second-order valence-corrected chi connectivity index (χ2v) is 6.20. The maximum absolute atomic E-state index is 10.9. The molecule has 0 spiro atoms. The van der Waals surface area contributed by atoms with E-state index in [1.807, 2.05) is 0 Å². The molecule has 1 unspecified atom stereocenters. The largest absolute Gasteiger partial charge is 0.366 e. The molecule has 0 saturated heterocycles. The van der Waals surface area contributed by atoms with Crippen molar-refractivity contribution in [3.05, 3.63) is 32.8 Å². The van der Waals surface area contributed by atoms with Crippen molar-refractivity contribution < 1.29 is 19.3 Å². The number of nitro benzene ring substituents is 1. The highest BCUT2D eigenvalue weighted by molar-refractivity contribution is 9.10. The Balaban J connectivity index is 3.07. The zero-order valence-electron chi connectivity index (χ0n) is 8.70. The number of halogens is 1. The van der Waals surface area contributed by atoms with Crippen LogP contribution in [0, 0.1) is 10.1 Å². The number of nitrogens with one attached hydrogen (secondary N) is 1. The molecule has 0 amide bonds. The van der Waals surface area contributed by atoms with Crippen LogP contribution in [0.3, 0.4) is 0 Å². The predicted molar refractivity (Wildman–Crippen MR) is 65.9 cm³/mol. The van der Waals surface area contributed by atoms with Gasteiger partial charge < -0.3 is 15.1 Å². The van der Waals surface area contributed by atoms with Gasteiger partial charge in [0.15, 0.2) is 0 Å². The molecular formula is C8H10BrN2O5P. The van der Waals surface area contributed by atoms with Crippen LogP contribution in [0.1, 0.15) is 6.92 Å². The summed E-state index contributed by atoms with van der Waals surface area (Å²) < 4.78 is 11.4. The van der Waals surface area contributed by atoms with Gasteiger partial charge in [0, 0.05) is 10.5 Å². The van der Waals surface area contributed by atoms with Crippen LogP contribution in [0.5, 0.6) is 0 Å². The molecule has 7 nitrogen and oxygen atoms in total. The summed E-state index contributed by atoms with van der Waals surface area (Å²) in [5.41, 5.74) is -0.186. The second kappa shape index (κ2) is 5.14. The molecule has 9 heteroatoms. The van der Waals surface area contributed by atoms with E-state index in [0.717, 1.165) is 0 Å². The second-order valence-electron chi connectivity index (χ2n) is 3.33. The van der Waals surface area contributed by atoms with Crippen LogP contribution in [0.15, 0.2) is 22.7 Å². The Hall–Kier alpha value is -0.950. The minimum atomic E-state index is -4.33. The topological polar surface area (TPSA) is 113 Å². The minimum Gasteiger partial charge on any atom is -0.366 e. The van der Waals surface area contributed by atoms with E-state index >= 15 is 0 Å². The molecule has 17 heavy (non-hydrogen) atoms. The summed E-state index contributed by atoms with van der Waals surface area (Å²) >= 11 is 3.08. The third kappa shape index (κ3) is 3.78. The van der Waals surface area contributed by atoms with Gasteiger partial charge in [0.2, 0.25) is 0 Å². The first-order valence-corrected chi connectivity index (χ1v) is 6.95. The summed E-state index contributed by atoms with van der Waals surface area (Å²) in [5.74, 6) is -1.19. The maximum Gasteiger partial charge on any atom is 0.347 e. The normalized spacial score (nSPS) is 13.2. The van der Waals surface area contributed by atoms with E-state index in [2.05, 4.69) is 21.2 Å². The van der Waals surface area contributed by atoms with Crippen molar-refractivity contribution in [2.24, 2.45) is 0 Å². The van der Waals surface area contributed by atoms with Gasteiger partial charge in [-0.2, -0.15) is 0 Å². The highest BCUT2D eigenvalue weighted by Crippen LogP contribution is 2.42. The van der Waals surface area contributed by atoms with Crippen molar-refractivity contribution in [3.63, 3.8) is 0 Å². The molecular weight excluding hydrogens is 315 g/mol. The van der Waals surface area contributed by atoms with Crippen molar-refractivity contribution in [2.45, 2.75) is 12.7 Å². The Morgan fingerprint density at radius 2 is 2.12 bits per heavy atom. The van der Waals surface area contributed by atoms with Crippen molar-refractivity contribution in [1.29, 1.82) is 0 Å². The zero-order valence-corrected chi connectivity index (χ0v) is 11.2. The lowest BCUT2D eigenvalue weighted by atomic mass is 10.2. The number of rotatable bonds is 4. The van der Waals surface area contributed by atoms with Crippen molar-refractivity contribution >= 4 is 34.9 Å². The number of hydrogen-bond donors (Lipinski definition) is 3. The lowest BCUT2D eigenvalue weighted by molar-refractivity contribution is -0.384. The third-order valence-electron chi connectivity index (χ3n) is 2.03. The van der Waals surface area contributed by atoms with Gasteiger partial charge in [-0.3, -0.25) is 14.7 Å². The average Bonchev–Trinajstić information content (AvgIpc) is 2.18. The van der Waals surface area contributed by atoms with E-state index in [-0.39, 0.29) is 11.4 Å². The van der Waals surface area contributed by atoms with Gasteiger partial charge in [0.1, 0.15) is 11.5 Å². The molecule has 0 fully saturated rings. The van der Waals surface area contributed by atoms with E-state index < -0.39 is 18.3 Å². The average molecular weight is 325 g/mol. The molecule has 1 atom stereocenters.